The number of rotatable bonds is 5. The van der Waals surface area contributed by atoms with Crippen LogP contribution >= 0.6 is 0 Å². The van der Waals surface area contributed by atoms with Crippen molar-refractivity contribution < 1.29 is 61.8 Å². The van der Waals surface area contributed by atoms with Crippen molar-refractivity contribution in [3.63, 3.8) is 0 Å². The number of pyridine rings is 2. The van der Waals surface area contributed by atoms with Crippen LogP contribution in [0.3, 0.4) is 0 Å². The summed E-state index contributed by atoms with van der Waals surface area (Å²) in [6.45, 7) is 0. The molecule has 4 aromatic heterocycles. The van der Waals surface area contributed by atoms with Crippen LogP contribution in [0.25, 0.3) is 33.5 Å². The van der Waals surface area contributed by atoms with Crippen molar-refractivity contribution in [1.82, 2.24) is 24.4 Å². The van der Waals surface area contributed by atoms with Crippen LogP contribution in [0.2, 0.25) is 0 Å². The van der Waals surface area contributed by atoms with E-state index in [2.05, 4.69) is 26.1 Å². The zero-order valence-electron chi connectivity index (χ0n) is 25.4. The summed E-state index contributed by atoms with van der Waals surface area (Å²) in [4.78, 5) is 0. The van der Waals surface area contributed by atoms with Gasteiger partial charge in [-0.3, -0.25) is 4.40 Å². The van der Waals surface area contributed by atoms with Crippen molar-refractivity contribution in [3.8, 4) is 34.1 Å². The maximum atomic E-state index is 14.2. The van der Waals surface area contributed by atoms with Gasteiger partial charge in [-0.15, -0.1) is 28.1 Å². The third-order valence-electron chi connectivity index (χ3n) is 8.50. The van der Waals surface area contributed by atoms with Gasteiger partial charge in [0.15, 0.2) is 5.65 Å². The van der Waals surface area contributed by atoms with Gasteiger partial charge in [0.05, 0.1) is 22.9 Å². The lowest BCUT2D eigenvalue weighted by Crippen LogP contribution is -2.30. The molecule has 0 N–H and O–H groups in total. The summed E-state index contributed by atoms with van der Waals surface area (Å²) in [5.74, 6) is -4.28. The van der Waals surface area contributed by atoms with Crippen LogP contribution in [0.15, 0.2) is 79.1 Å². The first-order valence-corrected chi connectivity index (χ1v) is 14.6. The molecule has 0 aliphatic heterocycles. The van der Waals surface area contributed by atoms with Gasteiger partial charge in [-0.2, -0.15) is 49.2 Å². The third kappa shape index (κ3) is 5.98. The van der Waals surface area contributed by atoms with E-state index in [0.29, 0.717) is 33.2 Å². The molecule has 268 valence electrons. The quantitative estimate of drug-likeness (QED) is 0.131. The highest BCUT2D eigenvalue weighted by Crippen LogP contribution is 2.57. The zero-order valence-corrected chi connectivity index (χ0v) is 25.4. The molecule has 4 heterocycles. The van der Waals surface area contributed by atoms with Gasteiger partial charge in [-0.25, -0.2) is 0 Å². The molecule has 0 amide bonds. The number of hydrogen-bond donors (Lipinski definition) is 0. The van der Waals surface area contributed by atoms with E-state index in [1.54, 1.807) is 0 Å². The van der Waals surface area contributed by atoms with E-state index in [0.717, 1.165) is 33.5 Å². The van der Waals surface area contributed by atoms with Crippen LogP contribution in [0.5, 0.6) is 5.75 Å². The highest BCUT2D eigenvalue weighted by atomic mass is 19.4. The molecule has 8 nitrogen and oxygen atoms in total. The predicted molar refractivity (Wildman–Crippen MR) is 152 cm³/mol. The summed E-state index contributed by atoms with van der Waals surface area (Å²) < 4.78 is 168. The standard InChI is InChI=1S/C32H16F12N7O/c33-29(34,35)21-11-17(3-8-22(21)52-32(42,43)44)19-5-10-25-50(14-19)27(31(39,40)41)48-51(25)23-12-28(23,15-45)20-6-1-16(2-7-20)18-4-9-24-46-47-26(30(36,37)38)49(24)13-18/h1-11,13-14,23H,12H2/q+1. The number of ether oxygens (including phenoxy) is 1. The smallest absolute Gasteiger partial charge is 0.405 e. The number of nitriles is 1. The molecule has 0 spiro atoms. The van der Waals surface area contributed by atoms with Crippen molar-refractivity contribution in [3.05, 3.63) is 102 Å². The fourth-order valence-electron chi connectivity index (χ4n) is 6.04. The largest absolute Gasteiger partial charge is 0.573 e. The predicted octanol–water partition coefficient (Wildman–Crippen LogP) is 8.36. The van der Waals surface area contributed by atoms with Gasteiger partial charge >= 0.3 is 30.7 Å². The van der Waals surface area contributed by atoms with Gasteiger partial charge < -0.3 is 4.74 Å². The second kappa shape index (κ2) is 11.3. The fraction of sp³-hybridized carbons (Fsp3) is 0.219. The topological polar surface area (TPSA) is 85.1 Å². The highest BCUT2D eigenvalue weighted by Gasteiger charge is 2.63. The molecule has 0 bridgehead atoms. The average Bonchev–Trinajstić information content (AvgIpc) is 3.42. The van der Waals surface area contributed by atoms with Crippen molar-refractivity contribution >= 4 is 11.3 Å². The molecule has 2 unspecified atom stereocenters. The Morgan fingerprint density at radius 3 is 2.02 bits per heavy atom. The SMILES string of the molecule is N#CC1(c2ccc(-c3ccc4nnc(C(F)(F)F)n4c3)cc2)CC1n1nc(C(F)(F)F)[n+]2cc(-c3ccc(OC(F)(F)F)c(C(F)(F)F)c3)ccc12. The lowest BCUT2D eigenvalue weighted by atomic mass is 9.94. The minimum atomic E-state index is -5.45. The highest BCUT2D eigenvalue weighted by molar-refractivity contribution is 5.67. The van der Waals surface area contributed by atoms with E-state index in [1.165, 1.54) is 42.6 Å². The molecule has 0 saturated heterocycles. The van der Waals surface area contributed by atoms with Crippen molar-refractivity contribution in [2.75, 3.05) is 0 Å². The number of fused-ring (bicyclic) bond motifs is 2. The van der Waals surface area contributed by atoms with Gasteiger partial charge in [-0.05, 0) is 52.6 Å². The van der Waals surface area contributed by atoms with E-state index < -0.39 is 59.3 Å². The summed E-state index contributed by atoms with van der Waals surface area (Å²) in [7, 11) is 0. The maximum Gasteiger partial charge on any atom is 0.573 e. The van der Waals surface area contributed by atoms with Crippen LogP contribution < -0.4 is 9.14 Å². The van der Waals surface area contributed by atoms with Gasteiger partial charge in [-0.1, -0.05) is 30.3 Å². The van der Waals surface area contributed by atoms with Crippen LogP contribution in [0.1, 0.15) is 35.2 Å². The first-order valence-electron chi connectivity index (χ1n) is 14.6. The van der Waals surface area contributed by atoms with Crippen LogP contribution in [0.4, 0.5) is 52.7 Å². The zero-order chi connectivity index (χ0) is 37.6. The van der Waals surface area contributed by atoms with Gasteiger partial charge in [0.2, 0.25) is 5.82 Å². The van der Waals surface area contributed by atoms with Gasteiger partial charge in [0, 0.05) is 24.2 Å². The normalized spacial score (nSPS) is 18.2. The summed E-state index contributed by atoms with van der Waals surface area (Å²) in [5, 5.41) is 20.6. The van der Waals surface area contributed by atoms with Crippen LogP contribution in [0, 0.1) is 11.3 Å². The number of aromatic nitrogens is 6. The Balaban J connectivity index is 1.24. The van der Waals surface area contributed by atoms with Crippen molar-refractivity contribution in [2.45, 2.75) is 42.8 Å². The molecule has 20 heteroatoms. The number of halogens is 12. The van der Waals surface area contributed by atoms with Crippen molar-refractivity contribution in [2.24, 2.45) is 0 Å². The number of nitrogens with zero attached hydrogens (tertiary/aromatic N) is 7. The summed E-state index contributed by atoms with van der Waals surface area (Å²) in [6, 6.07) is 13.8. The molecule has 2 aromatic carbocycles. The molecule has 1 aliphatic carbocycles. The first kappa shape index (κ1) is 34.6. The van der Waals surface area contributed by atoms with Crippen LogP contribution in [-0.2, 0) is 23.9 Å². The lowest BCUT2D eigenvalue weighted by molar-refractivity contribution is -0.543. The Labute approximate surface area is 281 Å². The Morgan fingerprint density at radius 1 is 0.750 bits per heavy atom. The number of hydrogen-bond acceptors (Lipinski definition) is 5. The fourth-order valence-corrected chi connectivity index (χ4v) is 6.04. The molecule has 1 fully saturated rings. The molecule has 6 aromatic rings. The van der Waals surface area contributed by atoms with E-state index >= 15 is 0 Å². The minimum Gasteiger partial charge on any atom is -0.405 e. The Morgan fingerprint density at radius 2 is 1.40 bits per heavy atom. The lowest BCUT2D eigenvalue weighted by Gasteiger charge is -2.16. The molecule has 7 rings (SSSR count). The van der Waals surface area contributed by atoms with E-state index in [9.17, 15) is 57.9 Å². The Kier molecular flexibility index (Phi) is 7.52. The molecular weight excluding hydrogens is 726 g/mol. The summed E-state index contributed by atoms with van der Waals surface area (Å²) >= 11 is 0. The van der Waals surface area contributed by atoms with E-state index in [1.807, 2.05) is 0 Å². The summed E-state index contributed by atoms with van der Waals surface area (Å²) in [5.41, 5.74) is -2.93. The molecule has 1 saturated carbocycles. The van der Waals surface area contributed by atoms with E-state index in [-0.39, 0.29) is 28.8 Å². The monoisotopic (exact) mass is 742 g/mol. The molecule has 1 aliphatic rings. The second-order valence-corrected chi connectivity index (χ2v) is 11.7. The van der Waals surface area contributed by atoms with E-state index in [4.69, 9.17) is 0 Å². The van der Waals surface area contributed by atoms with Crippen LogP contribution in [-0.4, -0.2) is 30.7 Å². The average molecular weight is 743 g/mol. The molecular formula is C32H16F12N7O+. The Hall–Kier alpha value is -5.87. The molecule has 2 atom stereocenters. The first-order chi connectivity index (χ1) is 24.2. The maximum absolute atomic E-state index is 14.2. The Bertz CT molecular complexity index is 2400. The second-order valence-electron chi connectivity index (χ2n) is 11.7. The van der Waals surface area contributed by atoms with Gasteiger partial charge in [0.1, 0.15) is 17.2 Å². The number of benzene rings is 2. The third-order valence-corrected chi connectivity index (χ3v) is 8.50. The summed E-state index contributed by atoms with van der Waals surface area (Å²) in [6.07, 6.45) is -18.6. The molecule has 52 heavy (non-hydrogen) atoms. The molecule has 0 radical (unpaired) electrons. The minimum absolute atomic E-state index is 0.00352. The number of alkyl halides is 12. The van der Waals surface area contributed by atoms with Gasteiger partial charge in [0.25, 0.3) is 5.65 Å². The van der Waals surface area contributed by atoms with Crippen molar-refractivity contribution in [1.29, 1.82) is 5.26 Å².